The average Bonchev–Trinajstić information content (AvgIpc) is 2.47. The van der Waals surface area contributed by atoms with Crippen molar-refractivity contribution in [3.63, 3.8) is 0 Å². The second-order valence-electron chi connectivity index (χ2n) is 4.83. The van der Waals surface area contributed by atoms with Gasteiger partial charge in [-0.2, -0.15) is 13.2 Å². The Kier molecular flexibility index (Phi) is 5.75. The first-order chi connectivity index (χ1) is 10.8. The summed E-state index contributed by atoms with van der Waals surface area (Å²) in [5.74, 6) is 0.373. The highest BCUT2D eigenvalue weighted by molar-refractivity contribution is 7.98. The van der Waals surface area contributed by atoms with Crippen molar-refractivity contribution >= 4 is 23.4 Å². The molecule has 0 aliphatic heterocycles. The molecular weight excluding hydrogens is 349 g/mol. The average molecular weight is 363 g/mol. The van der Waals surface area contributed by atoms with E-state index < -0.39 is 17.4 Å². The summed E-state index contributed by atoms with van der Waals surface area (Å²) < 4.78 is 39.8. The van der Waals surface area contributed by atoms with Crippen LogP contribution in [0.3, 0.4) is 0 Å². The normalized spacial score (nSPS) is 11.7. The molecule has 0 fully saturated rings. The zero-order valence-corrected chi connectivity index (χ0v) is 13.8. The molecule has 1 heterocycles. The van der Waals surface area contributed by atoms with Crippen molar-refractivity contribution in [2.45, 2.75) is 37.0 Å². The van der Waals surface area contributed by atoms with Gasteiger partial charge in [0.15, 0.2) is 10.9 Å². The van der Waals surface area contributed by atoms with E-state index in [1.165, 1.54) is 4.57 Å². The van der Waals surface area contributed by atoms with Crippen molar-refractivity contribution in [1.82, 2.24) is 9.55 Å². The minimum atomic E-state index is -4.64. The zero-order valence-electron chi connectivity index (χ0n) is 12.2. The Labute approximate surface area is 140 Å². The van der Waals surface area contributed by atoms with E-state index in [2.05, 4.69) is 4.98 Å². The van der Waals surface area contributed by atoms with Crippen LogP contribution >= 0.6 is 23.4 Å². The summed E-state index contributed by atoms with van der Waals surface area (Å²) >= 11 is 6.98. The first kappa shape index (κ1) is 17.9. The first-order valence-electron chi connectivity index (χ1n) is 6.87. The van der Waals surface area contributed by atoms with Gasteiger partial charge in [-0.1, -0.05) is 42.4 Å². The number of benzene rings is 1. The van der Waals surface area contributed by atoms with Crippen molar-refractivity contribution in [3.8, 4) is 0 Å². The lowest BCUT2D eigenvalue weighted by atomic mass is 10.2. The predicted molar refractivity (Wildman–Crippen MR) is 84.8 cm³/mol. The maximum absolute atomic E-state index is 12.8. The van der Waals surface area contributed by atoms with Crippen molar-refractivity contribution in [2.24, 2.45) is 0 Å². The minimum absolute atomic E-state index is 0.0617. The zero-order chi connectivity index (χ0) is 17.0. The number of rotatable bonds is 5. The molecule has 8 heteroatoms. The molecule has 0 amide bonds. The van der Waals surface area contributed by atoms with E-state index in [4.69, 9.17) is 11.6 Å². The Morgan fingerprint density at radius 2 is 2.04 bits per heavy atom. The van der Waals surface area contributed by atoms with Gasteiger partial charge in [-0.25, -0.2) is 4.98 Å². The van der Waals surface area contributed by atoms with Crippen molar-refractivity contribution < 1.29 is 13.2 Å². The third-order valence-corrected chi connectivity index (χ3v) is 4.25. The molecule has 0 N–H and O–H groups in total. The van der Waals surface area contributed by atoms with Crippen LogP contribution in [-0.2, 0) is 18.5 Å². The molecule has 0 atom stereocenters. The van der Waals surface area contributed by atoms with Crippen molar-refractivity contribution in [1.29, 1.82) is 0 Å². The number of thioether (sulfide) groups is 1. The van der Waals surface area contributed by atoms with E-state index in [-0.39, 0.29) is 5.16 Å². The molecule has 0 spiro atoms. The van der Waals surface area contributed by atoms with E-state index in [1.807, 2.05) is 13.0 Å². The lowest BCUT2D eigenvalue weighted by Gasteiger charge is -2.13. The predicted octanol–water partition coefficient (Wildman–Crippen LogP) is 4.62. The number of halogens is 4. The van der Waals surface area contributed by atoms with Crippen LogP contribution in [0.25, 0.3) is 0 Å². The van der Waals surface area contributed by atoms with Gasteiger partial charge >= 0.3 is 6.18 Å². The third kappa shape index (κ3) is 4.75. The SMILES string of the molecule is CCCn1c(SCc2cccc(Cl)c2)nc(C(F)(F)F)cc1=O. The van der Waals surface area contributed by atoms with E-state index in [0.717, 1.165) is 17.3 Å². The quantitative estimate of drug-likeness (QED) is 0.575. The van der Waals surface area contributed by atoms with Crippen LogP contribution in [-0.4, -0.2) is 9.55 Å². The van der Waals surface area contributed by atoms with Crippen LogP contribution in [0.15, 0.2) is 40.3 Å². The number of aromatic nitrogens is 2. The van der Waals surface area contributed by atoms with Crippen LogP contribution in [0.2, 0.25) is 5.02 Å². The number of alkyl halides is 3. The Morgan fingerprint density at radius 3 is 2.65 bits per heavy atom. The molecule has 3 nitrogen and oxygen atoms in total. The van der Waals surface area contributed by atoms with Gasteiger partial charge < -0.3 is 0 Å². The summed E-state index contributed by atoms with van der Waals surface area (Å²) in [4.78, 5) is 15.6. The standard InChI is InChI=1S/C15H14ClF3N2OS/c1-2-6-21-13(22)8-12(15(17,18)19)20-14(21)23-9-10-4-3-5-11(16)7-10/h3-5,7-8H,2,6,9H2,1H3. The summed E-state index contributed by atoms with van der Waals surface area (Å²) in [6.45, 7) is 2.16. The molecule has 0 saturated heterocycles. The molecule has 124 valence electrons. The molecular formula is C15H14ClF3N2OS. The fourth-order valence-corrected chi connectivity index (χ4v) is 3.13. The van der Waals surface area contributed by atoms with E-state index in [1.54, 1.807) is 18.2 Å². The molecule has 1 aromatic carbocycles. The number of hydrogen-bond acceptors (Lipinski definition) is 3. The lowest BCUT2D eigenvalue weighted by Crippen LogP contribution is -2.26. The van der Waals surface area contributed by atoms with Gasteiger partial charge in [-0.3, -0.25) is 9.36 Å². The molecule has 23 heavy (non-hydrogen) atoms. The van der Waals surface area contributed by atoms with Gasteiger partial charge in [-0.15, -0.1) is 0 Å². The Morgan fingerprint density at radius 1 is 1.30 bits per heavy atom. The second kappa shape index (κ2) is 7.40. The number of hydrogen-bond donors (Lipinski definition) is 0. The summed E-state index contributed by atoms with van der Waals surface area (Å²) in [6.07, 6.45) is -4.02. The number of nitrogens with zero attached hydrogens (tertiary/aromatic N) is 2. The maximum atomic E-state index is 12.8. The summed E-state index contributed by atoms with van der Waals surface area (Å²) in [6, 6.07) is 7.56. The molecule has 0 unspecified atom stereocenters. The Bertz CT molecular complexity index is 746. The Hall–Kier alpha value is -1.47. The molecule has 0 saturated carbocycles. The molecule has 2 aromatic rings. The van der Waals surface area contributed by atoms with Gasteiger partial charge in [0.2, 0.25) is 0 Å². The first-order valence-corrected chi connectivity index (χ1v) is 8.24. The van der Waals surface area contributed by atoms with Crippen LogP contribution in [0.4, 0.5) is 13.2 Å². The lowest BCUT2D eigenvalue weighted by molar-refractivity contribution is -0.141. The van der Waals surface area contributed by atoms with Gasteiger partial charge in [0.05, 0.1) is 0 Å². The van der Waals surface area contributed by atoms with Crippen molar-refractivity contribution in [2.75, 3.05) is 0 Å². The monoisotopic (exact) mass is 362 g/mol. The van der Waals surface area contributed by atoms with Gasteiger partial charge in [-0.05, 0) is 24.1 Å². The van der Waals surface area contributed by atoms with E-state index in [0.29, 0.717) is 29.8 Å². The molecule has 0 aliphatic rings. The van der Waals surface area contributed by atoms with Gasteiger partial charge in [0.1, 0.15) is 0 Å². The molecule has 0 bridgehead atoms. The molecule has 0 radical (unpaired) electrons. The summed E-state index contributed by atoms with van der Waals surface area (Å²) in [5.41, 5.74) is -1.01. The molecule has 0 aliphatic carbocycles. The van der Waals surface area contributed by atoms with E-state index >= 15 is 0 Å². The van der Waals surface area contributed by atoms with Crippen LogP contribution in [0.5, 0.6) is 0 Å². The van der Waals surface area contributed by atoms with Crippen molar-refractivity contribution in [3.05, 3.63) is 57.0 Å². The fraction of sp³-hybridized carbons (Fsp3) is 0.333. The fourth-order valence-electron chi connectivity index (χ4n) is 1.94. The molecule has 1 aromatic heterocycles. The maximum Gasteiger partial charge on any atom is 0.433 e. The summed E-state index contributed by atoms with van der Waals surface area (Å²) in [7, 11) is 0. The van der Waals surface area contributed by atoms with Gasteiger partial charge in [0, 0.05) is 23.4 Å². The van der Waals surface area contributed by atoms with Crippen LogP contribution < -0.4 is 5.56 Å². The smallest absolute Gasteiger partial charge is 0.288 e. The minimum Gasteiger partial charge on any atom is -0.288 e. The topological polar surface area (TPSA) is 34.9 Å². The largest absolute Gasteiger partial charge is 0.433 e. The highest BCUT2D eigenvalue weighted by atomic mass is 35.5. The van der Waals surface area contributed by atoms with Gasteiger partial charge in [0.25, 0.3) is 5.56 Å². The Balaban J connectivity index is 2.34. The molecule has 2 rings (SSSR count). The highest BCUT2D eigenvalue weighted by Gasteiger charge is 2.34. The van der Waals surface area contributed by atoms with Crippen LogP contribution in [0.1, 0.15) is 24.6 Å². The summed E-state index contributed by atoms with van der Waals surface area (Å²) in [5, 5.41) is 0.609. The van der Waals surface area contributed by atoms with Crippen LogP contribution in [0, 0.1) is 0 Å². The third-order valence-electron chi connectivity index (χ3n) is 2.97. The van der Waals surface area contributed by atoms with E-state index in [9.17, 15) is 18.0 Å². The highest BCUT2D eigenvalue weighted by Crippen LogP contribution is 2.29. The second-order valence-corrected chi connectivity index (χ2v) is 6.21.